The molecular weight excluding hydrogens is 356 g/mol. The van der Waals surface area contributed by atoms with Gasteiger partial charge in [0.1, 0.15) is 0 Å². The van der Waals surface area contributed by atoms with Gasteiger partial charge in [0.25, 0.3) is 5.69 Å². The molecule has 0 fully saturated rings. The van der Waals surface area contributed by atoms with Crippen LogP contribution < -0.4 is 10.2 Å². The van der Waals surface area contributed by atoms with E-state index in [1.54, 1.807) is 30.3 Å². The Kier molecular flexibility index (Phi) is 5.09. The number of furan rings is 1. The highest BCUT2D eigenvalue weighted by molar-refractivity contribution is 7.07. The van der Waals surface area contributed by atoms with Crippen LogP contribution in [-0.4, -0.2) is 15.4 Å². The van der Waals surface area contributed by atoms with Crippen molar-refractivity contribution in [2.24, 2.45) is 5.10 Å². The van der Waals surface area contributed by atoms with E-state index in [2.05, 4.69) is 17.1 Å². The molecule has 3 aromatic rings. The van der Waals surface area contributed by atoms with Crippen LogP contribution >= 0.6 is 11.3 Å². The Balaban J connectivity index is 1.92. The summed E-state index contributed by atoms with van der Waals surface area (Å²) in [4.78, 5) is 22.8. The second-order valence-corrected chi connectivity index (χ2v) is 5.97. The number of thiazole rings is 1. The summed E-state index contributed by atoms with van der Waals surface area (Å²) in [7, 11) is 0. The summed E-state index contributed by atoms with van der Waals surface area (Å²) >= 11 is 1.33. The van der Waals surface area contributed by atoms with Gasteiger partial charge in [0, 0.05) is 24.1 Å². The van der Waals surface area contributed by atoms with Crippen molar-refractivity contribution in [3.63, 3.8) is 0 Å². The van der Waals surface area contributed by atoms with Crippen molar-refractivity contribution < 1.29 is 14.1 Å². The van der Waals surface area contributed by atoms with Crippen molar-refractivity contribution >= 4 is 22.9 Å². The number of allylic oxidation sites excluding steroid dienone is 1. The lowest BCUT2D eigenvalue weighted by molar-refractivity contribution is -0.384. The van der Waals surface area contributed by atoms with E-state index in [-0.39, 0.29) is 11.4 Å². The van der Waals surface area contributed by atoms with Crippen molar-refractivity contribution in [3.05, 3.63) is 81.4 Å². The highest BCUT2D eigenvalue weighted by Crippen LogP contribution is 2.23. The first-order valence-electron chi connectivity index (χ1n) is 7.52. The molecule has 26 heavy (non-hydrogen) atoms. The van der Waals surface area contributed by atoms with E-state index < -0.39 is 10.8 Å². The molecule has 0 unspecified atom stereocenters. The zero-order chi connectivity index (χ0) is 18.5. The number of aromatic nitrogens is 1. The van der Waals surface area contributed by atoms with Crippen molar-refractivity contribution in [3.8, 4) is 11.3 Å². The van der Waals surface area contributed by atoms with Crippen molar-refractivity contribution in [2.75, 3.05) is 0 Å². The van der Waals surface area contributed by atoms with Crippen LogP contribution in [0.4, 0.5) is 5.69 Å². The normalized spacial score (nSPS) is 11.3. The lowest BCUT2D eigenvalue weighted by atomic mass is 10.1. The predicted molar refractivity (Wildman–Crippen MR) is 96.3 cm³/mol. The Bertz CT molecular complexity index is 1000. The largest absolute Gasteiger partial charge is 0.459 e. The highest BCUT2D eigenvalue weighted by atomic mass is 32.1. The standard InChI is InChI=1S/C17H14N4O4S/c1-2-9-20-14(12-5-7-13(8-6-12)21(23)24)11-26-17(20)19-18-16(22)15-4-3-10-25-15/h2-8,10-11H,1,9H2,(H,18,22)/b19-17-. The number of benzene rings is 1. The van der Waals surface area contributed by atoms with Crippen LogP contribution in [0.25, 0.3) is 11.3 Å². The number of amides is 1. The predicted octanol–water partition coefficient (Wildman–Crippen LogP) is 3.15. The van der Waals surface area contributed by atoms with Gasteiger partial charge in [-0.1, -0.05) is 6.08 Å². The Hall–Kier alpha value is -3.46. The van der Waals surface area contributed by atoms with Crippen molar-refractivity contribution in [1.29, 1.82) is 0 Å². The highest BCUT2D eigenvalue weighted by Gasteiger charge is 2.11. The van der Waals surface area contributed by atoms with E-state index >= 15 is 0 Å². The first-order valence-corrected chi connectivity index (χ1v) is 8.39. The van der Waals surface area contributed by atoms with Crippen molar-refractivity contribution in [1.82, 2.24) is 9.99 Å². The van der Waals surface area contributed by atoms with Gasteiger partial charge in [-0.05, 0) is 29.8 Å². The Morgan fingerprint density at radius 3 is 2.77 bits per heavy atom. The monoisotopic (exact) mass is 370 g/mol. The molecule has 0 aliphatic carbocycles. The Labute approximate surface area is 151 Å². The molecule has 3 rings (SSSR count). The second kappa shape index (κ2) is 7.62. The number of nitro groups is 1. The summed E-state index contributed by atoms with van der Waals surface area (Å²) in [5.41, 5.74) is 4.08. The number of nitro benzene ring substituents is 1. The van der Waals surface area contributed by atoms with E-state index in [1.807, 2.05) is 9.95 Å². The van der Waals surface area contributed by atoms with Crippen LogP contribution in [0.3, 0.4) is 0 Å². The molecule has 0 aliphatic heterocycles. The Morgan fingerprint density at radius 1 is 1.38 bits per heavy atom. The summed E-state index contributed by atoms with van der Waals surface area (Å²) < 4.78 is 6.87. The van der Waals surface area contributed by atoms with E-state index in [4.69, 9.17) is 4.42 Å². The fraction of sp³-hybridized carbons (Fsp3) is 0.0588. The Morgan fingerprint density at radius 2 is 2.15 bits per heavy atom. The summed E-state index contributed by atoms with van der Waals surface area (Å²) in [6.45, 7) is 4.20. The van der Waals surface area contributed by atoms with E-state index in [0.29, 0.717) is 11.3 Å². The molecule has 8 nitrogen and oxygen atoms in total. The van der Waals surface area contributed by atoms with Crippen LogP contribution in [0.2, 0.25) is 0 Å². The second-order valence-electron chi connectivity index (χ2n) is 5.14. The molecule has 2 heterocycles. The van der Waals surface area contributed by atoms with Crippen LogP contribution in [0.1, 0.15) is 10.6 Å². The molecule has 0 spiro atoms. The smallest absolute Gasteiger partial charge is 0.307 e. The van der Waals surface area contributed by atoms with Gasteiger partial charge in [0.2, 0.25) is 4.80 Å². The maximum Gasteiger partial charge on any atom is 0.307 e. The molecular formula is C17H14N4O4S. The van der Waals surface area contributed by atoms with Gasteiger partial charge in [-0.2, -0.15) is 0 Å². The van der Waals surface area contributed by atoms with Crippen LogP contribution in [0, 0.1) is 10.1 Å². The van der Waals surface area contributed by atoms with Gasteiger partial charge in [-0.25, -0.2) is 5.43 Å². The van der Waals surface area contributed by atoms with Gasteiger partial charge >= 0.3 is 5.91 Å². The number of hydrogen-bond donors (Lipinski definition) is 1. The molecule has 1 N–H and O–H groups in total. The first-order chi connectivity index (χ1) is 12.6. The topological polar surface area (TPSA) is 103 Å². The first kappa shape index (κ1) is 17.4. The molecule has 1 amide bonds. The average molecular weight is 370 g/mol. The number of carbonyl (C=O) groups excluding carboxylic acids is 1. The molecule has 0 aliphatic rings. The van der Waals surface area contributed by atoms with E-state index in [1.165, 1.54) is 29.7 Å². The van der Waals surface area contributed by atoms with Crippen LogP contribution in [-0.2, 0) is 6.54 Å². The van der Waals surface area contributed by atoms with Gasteiger partial charge < -0.3 is 8.98 Å². The number of nitrogens with one attached hydrogen (secondary N) is 1. The quantitative estimate of drug-likeness (QED) is 0.409. The fourth-order valence-corrected chi connectivity index (χ4v) is 3.15. The zero-order valence-electron chi connectivity index (χ0n) is 13.5. The third-order valence-corrected chi connectivity index (χ3v) is 4.34. The average Bonchev–Trinajstić information content (AvgIpc) is 3.30. The molecule has 0 radical (unpaired) electrons. The maximum atomic E-state index is 11.9. The van der Waals surface area contributed by atoms with Gasteiger partial charge in [-0.15, -0.1) is 23.0 Å². The third-order valence-electron chi connectivity index (χ3n) is 3.48. The molecule has 132 valence electrons. The summed E-state index contributed by atoms with van der Waals surface area (Å²) in [5.74, 6) is -0.290. The van der Waals surface area contributed by atoms with E-state index in [0.717, 1.165) is 11.3 Å². The molecule has 1 aromatic carbocycles. The van der Waals surface area contributed by atoms with E-state index in [9.17, 15) is 14.9 Å². The van der Waals surface area contributed by atoms with Gasteiger partial charge in [0.05, 0.1) is 16.9 Å². The van der Waals surface area contributed by atoms with Gasteiger partial charge in [-0.3, -0.25) is 14.9 Å². The lowest BCUT2D eigenvalue weighted by Gasteiger charge is -2.06. The summed E-state index contributed by atoms with van der Waals surface area (Å²) in [5, 5.41) is 16.8. The van der Waals surface area contributed by atoms with Crippen LogP contribution in [0.5, 0.6) is 0 Å². The molecule has 9 heteroatoms. The number of non-ortho nitro benzene ring substituents is 1. The SMILES string of the molecule is C=CCn1c(-c2ccc([N+](=O)[O-])cc2)cs/c1=N\NC(=O)c1ccco1. The zero-order valence-corrected chi connectivity index (χ0v) is 14.3. The summed E-state index contributed by atoms with van der Waals surface area (Å²) in [6.07, 6.45) is 3.11. The fourth-order valence-electron chi connectivity index (χ4n) is 2.27. The summed E-state index contributed by atoms with van der Waals surface area (Å²) in [6, 6.07) is 9.39. The number of carbonyl (C=O) groups is 1. The molecule has 2 aromatic heterocycles. The molecule has 0 bridgehead atoms. The molecule has 0 saturated carbocycles. The minimum atomic E-state index is -0.453. The minimum absolute atomic E-state index is 0.0230. The van der Waals surface area contributed by atoms with Crippen molar-refractivity contribution in [2.45, 2.75) is 6.54 Å². The van der Waals surface area contributed by atoms with Gasteiger partial charge in [0.15, 0.2) is 5.76 Å². The number of rotatable bonds is 6. The lowest BCUT2D eigenvalue weighted by Crippen LogP contribution is -2.24. The third kappa shape index (κ3) is 3.62. The minimum Gasteiger partial charge on any atom is -0.459 e. The maximum absolute atomic E-state index is 11.9. The van der Waals surface area contributed by atoms with Crippen LogP contribution in [0.15, 0.2) is 70.2 Å². The number of hydrogen-bond acceptors (Lipinski definition) is 6. The molecule has 0 saturated heterocycles. The molecule has 0 atom stereocenters. The number of nitrogens with zero attached hydrogens (tertiary/aromatic N) is 3.